The molecular formula is C15H19N3O. The first-order valence-corrected chi connectivity index (χ1v) is 6.73. The van der Waals surface area contributed by atoms with Gasteiger partial charge in [0.05, 0.1) is 0 Å². The van der Waals surface area contributed by atoms with Crippen LogP contribution >= 0.6 is 0 Å². The van der Waals surface area contributed by atoms with E-state index in [1.807, 2.05) is 18.3 Å². The van der Waals surface area contributed by atoms with Gasteiger partial charge < -0.3 is 9.47 Å². The SMILES string of the molecule is CN1CCN(C(C=O)n2ccc3ccccc32)CC1. The van der Waals surface area contributed by atoms with Gasteiger partial charge in [0.1, 0.15) is 6.17 Å². The predicted octanol–water partition coefficient (Wildman–Crippen LogP) is 1.59. The van der Waals surface area contributed by atoms with Gasteiger partial charge in [-0.25, -0.2) is 0 Å². The lowest BCUT2D eigenvalue weighted by molar-refractivity contribution is -0.116. The molecule has 1 unspecified atom stereocenters. The summed E-state index contributed by atoms with van der Waals surface area (Å²) in [5.41, 5.74) is 1.12. The molecule has 0 N–H and O–H groups in total. The summed E-state index contributed by atoms with van der Waals surface area (Å²) in [7, 11) is 2.12. The number of aldehydes is 1. The highest BCUT2D eigenvalue weighted by Gasteiger charge is 2.23. The van der Waals surface area contributed by atoms with E-state index in [9.17, 15) is 4.79 Å². The first-order valence-electron chi connectivity index (χ1n) is 6.73. The molecule has 0 spiro atoms. The molecule has 2 heterocycles. The van der Waals surface area contributed by atoms with Gasteiger partial charge in [0.2, 0.25) is 0 Å². The Hall–Kier alpha value is -1.65. The Morgan fingerprint density at radius 2 is 1.84 bits per heavy atom. The maximum absolute atomic E-state index is 11.6. The second-order valence-corrected chi connectivity index (χ2v) is 5.17. The van der Waals surface area contributed by atoms with Crippen LogP contribution < -0.4 is 0 Å². The lowest BCUT2D eigenvalue weighted by Gasteiger charge is -2.36. The van der Waals surface area contributed by atoms with Crippen LogP contribution in [0, 0.1) is 0 Å². The maximum Gasteiger partial charge on any atom is 0.157 e. The minimum absolute atomic E-state index is 0.186. The number of benzene rings is 1. The van der Waals surface area contributed by atoms with Crippen molar-refractivity contribution in [3.63, 3.8) is 0 Å². The Balaban J connectivity index is 1.91. The molecule has 1 fully saturated rings. The van der Waals surface area contributed by atoms with Crippen LogP contribution in [0.3, 0.4) is 0 Å². The van der Waals surface area contributed by atoms with Crippen molar-refractivity contribution < 1.29 is 4.79 Å². The van der Waals surface area contributed by atoms with Crippen molar-refractivity contribution in [2.45, 2.75) is 6.17 Å². The number of carbonyl (C=O) groups is 1. The van der Waals surface area contributed by atoms with Gasteiger partial charge >= 0.3 is 0 Å². The van der Waals surface area contributed by atoms with Crippen molar-refractivity contribution in [3.05, 3.63) is 36.5 Å². The van der Waals surface area contributed by atoms with Crippen LogP contribution in [0.1, 0.15) is 6.17 Å². The lowest BCUT2D eigenvalue weighted by Crippen LogP contribution is -2.47. The third-order valence-electron chi connectivity index (χ3n) is 3.95. The molecule has 100 valence electrons. The summed E-state index contributed by atoms with van der Waals surface area (Å²) in [5.74, 6) is 0. The van der Waals surface area contributed by atoms with E-state index in [1.54, 1.807) is 0 Å². The van der Waals surface area contributed by atoms with E-state index >= 15 is 0 Å². The van der Waals surface area contributed by atoms with Gasteiger partial charge in [-0.1, -0.05) is 18.2 Å². The van der Waals surface area contributed by atoms with Crippen LogP contribution in [0.4, 0.5) is 0 Å². The standard InChI is InChI=1S/C15H19N3O/c1-16-8-10-17(11-9-16)15(12-19)18-7-6-13-4-2-3-5-14(13)18/h2-7,12,15H,8-11H2,1H3. The minimum atomic E-state index is -0.186. The molecule has 1 saturated heterocycles. The molecule has 0 radical (unpaired) electrons. The number of fused-ring (bicyclic) bond motifs is 1. The zero-order chi connectivity index (χ0) is 13.2. The van der Waals surface area contributed by atoms with E-state index in [0.717, 1.165) is 38.0 Å². The van der Waals surface area contributed by atoms with Crippen molar-refractivity contribution in [2.75, 3.05) is 33.2 Å². The van der Waals surface area contributed by atoms with Gasteiger partial charge in [0.25, 0.3) is 0 Å². The van der Waals surface area contributed by atoms with E-state index in [4.69, 9.17) is 0 Å². The number of likely N-dealkylation sites (N-methyl/N-ethyl adjacent to an activating group) is 1. The van der Waals surface area contributed by atoms with Crippen LogP contribution in [-0.4, -0.2) is 53.9 Å². The number of nitrogens with zero attached hydrogens (tertiary/aromatic N) is 3. The molecule has 3 rings (SSSR count). The highest BCUT2D eigenvalue weighted by atomic mass is 16.1. The van der Waals surface area contributed by atoms with Gasteiger partial charge in [-0.15, -0.1) is 0 Å². The lowest BCUT2D eigenvalue weighted by atomic mass is 10.2. The second kappa shape index (κ2) is 5.15. The van der Waals surface area contributed by atoms with Crippen LogP contribution in [0.2, 0.25) is 0 Å². The first kappa shape index (κ1) is 12.4. The summed E-state index contributed by atoms with van der Waals surface area (Å²) in [6.45, 7) is 3.91. The smallest absolute Gasteiger partial charge is 0.157 e. The van der Waals surface area contributed by atoms with Gasteiger partial charge in [-0.05, 0) is 24.6 Å². The zero-order valence-electron chi connectivity index (χ0n) is 11.2. The molecule has 1 aromatic carbocycles. The Morgan fingerprint density at radius 1 is 1.11 bits per heavy atom. The molecule has 1 aliphatic rings. The summed E-state index contributed by atoms with van der Waals surface area (Å²) >= 11 is 0. The molecule has 19 heavy (non-hydrogen) atoms. The molecule has 4 heteroatoms. The fraction of sp³-hybridized carbons (Fsp3) is 0.400. The van der Waals surface area contributed by atoms with Crippen molar-refractivity contribution in [2.24, 2.45) is 0 Å². The van der Waals surface area contributed by atoms with Crippen molar-refractivity contribution >= 4 is 17.2 Å². The Bertz CT molecular complexity index is 570. The normalized spacial score (nSPS) is 19.6. The topological polar surface area (TPSA) is 28.5 Å². The van der Waals surface area contributed by atoms with Crippen LogP contribution in [0.5, 0.6) is 0 Å². The summed E-state index contributed by atoms with van der Waals surface area (Å²) < 4.78 is 2.08. The maximum atomic E-state index is 11.6. The number of rotatable bonds is 3. The number of carbonyl (C=O) groups excluding carboxylic acids is 1. The largest absolute Gasteiger partial charge is 0.324 e. The third-order valence-corrected chi connectivity index (χ3v) is 3.95. The van der Waals surface area contributed by atoms with Gasteiger partial charge in [0, 0.05) is 37.9 Å². The fourth-order valence-electron chi connectivity index (χ4n) is 2.75. The van der Waals surface area contributed by atoms with Crippen molar-refractivity contribution in [1.29, 1.82) is 0 Å². The summed E-state index contributed by atoms with van der Waals surface area (Å²) in [6.07, 6.45) is 2.88. The van der Waals surface area contributed by atoms with Crippen LogP contribution in [0.15, 0.2) is 36.5 Å². The quantitative estimate of drug-likeness (QED) is 0.782. The average Bonchev–Trinajstić information content (AvgIpc) is 2.86. The molecule has 0 amide bonds. The predicted molar refractivity (Wildman–Crippen MR) is 76.1 cm³/mol. The summed E-state index contributed by atoms with van der Waals surface area (Å²) in [4.78, 5) is 16.1. The van der Waals surface area contributed by atoms with Crippen LogP contribution in [-0.2, 0) is 4.79 Å². The molecule has 1 aliphatic heterocycles. The number of hydrogen-bond donors (Lipinski definition) is 0. The molecular weight excluding hydrogens is 238 g/mol. The molecule has 2 aromatic rings. The Morgan fingerprint density at radius 3 is 2.58 bits per heavy atom. The van der Waals surface area contributed by atoms with E-state index in [2.05, 4.69) is 39.6 Å². The Labute approximate surface area is 113 Å². The van der Waals surface area contributed by atoms with E-state index in [0.29, 0.717) is 0 Å². The number of piperazine rings is 1. The molecule has 1 aromatic heterocycles. The molecule has 1 atom stereocenters. The van der Waals surface area contributed by atoms with E-state index in [1.165, 1.54) is 5.39 Å². The minimum Gasteiger partial charge on any atom is -0.324 e. The van der Waals surface area contributed by atoms with Crippen molar-refractivity contribution in [3.8, 4) is 0 Å². The molecule has 4 nitrogen and oxygen atoms in total. The highest BCUT2D eigenvalue weighted by Crippen LogP contribution is 2.22. The highest BCUT2D eigenvalue weighted by molar-refractivity contribution is 5.81. The zero-order valence-corrected chi connectivity index (χ0v) is 11.2. The first-order chi connectivity index (χ1) is 9.29. The molecule has 0 aliphatic carbocycles. The number of hydrogen-bond acceptors (Lipinski definition) is 3. The summed E-state index contributed by atoms with van der Waals surface area (Å²) in [6, 6.07) is 10.3. The monoisotopic (exact) mass is 257 g/mol. The van der Waals surface area contributed by atoms with Gasteiger partial charge in [-0.2, -0.15) is 0 Å². The molecule has 0 saturated carbocycles. The van der Waals surface area contributed by atoms with Gasteiger partial charge in [0.15, 0.2) is 6.29 Å². The van der Waals surface area contributed by atoms with E-state index in [-0.39, 0.29) is 6.17 Å². The number of para-hydroxylation sites is 1. The Kier molecular flexibility index (Phi) is 3.36. The molecule has 0 bridgehead atoms. The van der Waals surface area contributed by atoms with E-state index < -0.39 is 0 Å². The van der Waals surface area contributed by atoms with Crippen LogP contribution in [0.25, 0.3) is 10.9 Å². The third kappa shape index (κ3) is 2.29. The second-order valence-electron chi connectivity index (χ2n) is 5.17. The fourth-order valence-corrected chi connectivity index (χ4v) is 2.75. The van der Waals surface area contributed by atoms with Gasteiger partial charge in [-0.3, -0.25) is 9.69 Å². The number of aromatic nitrogens is 1. The average molecular weight is 257 g/mol. The summed E-state index contributed by atoms with van der Waals surface area (Å²) in [5, 5.41) is 1.18. The van der Waals surface area contributed by atoms with Crippen molar-refractivity contribution in [1.82, 2.24) is 14.4 Å².